The van der Waals surface area contributed by atoms with Crippen LogP contribution in [0.1, 0.15) is 203 Å². The van der Waals surface area contributed by atoms with Crippen molar-refractivity contribution in [2.24, 2.45) is 9.98 Å². The van der Waals surface area contributed by atoms with E-state index in [4.69, 9.17) is 42.7 Å². The lowest BCUT2D eigenvalue weighted by Gasteiger charge is -2.37. The maximum Gasteiger partial charge on any atom is 0.308 e. The van der Waals surface area contributed by atoms with Gasteiger partial charge in [0.2, 0.25) is 17.7 Å². The topological polar surface area (TPSA) is 288 Å². The number of nitrogens with one attached hydrogen (secondary N) is 4. The fourth-order valence-electron chi connectivity index (χ4n) is 13.4. The molecule has 8 heterocycles. The summed E-state index contributed by atoms with van der Waals surface area (Å²) >= 11 is 18.5. The summed E-state index contributed by atoms with van der Waals surface area (Å²) in [6.45, 7) is 15.0. The second-order valence-electron chi connectivity index (χ2n) is 26.7. The van der Waals surface area contributed by atoms with Crippen LogP contribution < -0.4 is 21.3 Å². The Balaban J connectivity index is 0.683. The molecule has 0 radical (unpaired) electrons. The first-order chi connectivity index (χ1) is 50.0. The standard InChI is InChI=1S/C75H86Cl2N14O9S4/c1-42-59-61(48-26-30-51(76)31-27-48)82-53(38-57(93)99-8)67-87-85-45(4)90(67)73(59)103-63(42)70(96)78-34-16-12-10-11-15-21-56(92)84-66(72(98)89-36-19-20-55(89)69(95)80-40-47-22-24-50(25-23-47)65-44(3)81-41-101-65)75(6,7)102-37-18-14-13-17-35-79-71(97)64-43(2)60-62(49-28-32-52(77)33-29-49)83-54(39-58(94)100-9)68-88-86-46(5)91(68)74(60)104-64/h22-33,41,53-55,66H,10-21,34-40H2,1-9H3,(H,78,96)(H,79,97)(H,80,95)(H,84,92)/t53-,54-,55-,66+/m0/s1. The molecule has 4 N–H and O–H groups in total. The van der Waals surface area contributed by atoms with Gasteiger partial charge in [-0.25, -0.2) is 4.98 Å². The van der Waals surface area contributed by atoms with E-state index in [0.29, 0.717) is 112 Å². The van der Waals surface area contributed by atoms with E-state index in [2.05, 4.69) is 46.6 Å². The molecule has 0 unspecified atom stereocenters. The lowest BCUT2D eigenvalue weighted by Crippen LogP contribution is -2.59. The molecule has 1 saturated heterocycles. The predicted octanol–water partition coefficient (Wildman–Crippen LogP) is 13.2. The van der Waals surface area contributed by atoms with Crippen molar-refractivity contribution >= 4 is 122 Å². The van der Waals surface area contributed by atoms with Gasteiger partial charge in [-0.1, -0.05) is 104 Å². The zero-order valence-electron chi connectivity index (χ0n) is 59.8. The Labute approximate surface area is 631 Å². The number of amides is 5. The summed E-state index contributed by atoms with van der Waals surface area (Å²) in [5.74, 6) is 0.722. The first kappa shape index (κ1) is 76.7. The minimum Gasteiger partial charge on any atom is -0.469 e. The van der Waals surface area contributed by atoms with Crippen molar-refractivity contribution in [3.05, 3.63) is 166 Å². The lowest BCUT2D eigenvalue weighted by molar-refractivity contribution is -0.142. The number of aromatic nitrogens is 7. The number of nitrogens with zero attached hydrogens (tertiary/aromatic N) is 10. The number of thiazole rings is 1. The zero-order valence-corrected chi connectivity index (χ0v) is 64.6. The van der Waals surface area contributed by atoms with E-state index < -0.39 is 40.9 Å². The van der Waals surface area contributed by atoms with Crippen LogP contribution in [0.2, 0.25) is 10.0 Å². The number of carbonyl (C=O) groups excluding carboxylic acids is 7. The number of esters is 2. The van der Waals surface area contributed by atoms with Gasteiger partial charge in [0.05, 0.1) is 64.3 Å². The SMILES string of the molecule is COC(=O)C[C@@H]1N=C(c2ccc(Cl)cc2)c2c(sc(C(=O)NCCCCCCCC(=O)N[C@H](C(=O)N3CCC[C@H]3C(=O)NCc3ccc(-c4scnc4C)cc3)C(C)(C)SCCCCCCNC(=O)c3sc4c(c3C)C(c3ccc(Cl)cc3)=N[C@@H](CC(=O)OC)c3nnc(C)n3-4)c2C)-n2c(C)nnc21. The van der Waals surface area contributed by atoms with Gasteiger partial charge in [0.15, 0.2) is 11.6 Å². The maximum absolute atomic E-state index is 15.0. The third-order valence-corrected chi connectivity index (χ3v) is 24.5. The number of fused-ring (bicyclic) bond motifs is 6. The second-order valence-corrected chi connectivity index (χ2v) is 32.2. The quantitative estimate of drug-likeness (QED) is 0.0232. The molecule has 8 aromatic rings. The average Bonchev–Trinajstić information content (AvgIpc) is 1.59. The zero-order chi connectivity index (χ0) is 73.9. The summed E-state index contributed by atoms with van der Waals surface area (Å²) in [7, 11) is 2.67. The fourth-order valence-corrected chi connectivity index (χ4v) is 18.2. The highest BCUT2D eigenvalue weighted by atomic mass is 35.5. The molecule has 3 aliphatic rings. The van der Waals surface area contributed by atoms with Crippen LogP contribution in [0.25, 0.3) is 20.4 Å². The molecule has 5 amide bonds. The van der Waals surface area contributed by atoms with E-state index in [9.17, 15) is 28.8 Å². The van der Waals surface area contributed by atoms with E-state index in [0.717, 1.165) is 110 Å². The van der Waals surface area contributed by atoms with Gasteiger partial charge in [0.1, 0.15) is 45.8 Å². The van der Waals surface area contributed by atoms with Crippen molar-refractivity contribution in [3.8, 4) is 20.4 Å². The molecule has 0 bridgehead atoms. The smallest absolute Gasteiger partial charge is 0.308 e. The lowest BCUT2D eigenvalue weighted by atomic mass is 9.99. The molecule has 3 aliphatic heterocycles. The number of hydrogen-bond donors (Lipinski definition) is 4. The first-order valence-corrected chi connectivity index (χ1v) is 39.3. The Morgan fingerprint density at radius 1 is 0.625 bits per heavy atom. The van der Waals surface area contributed by atoms with Crippen molar-refractivity contribution < 1.29 is 43.0 Å². The summed E-state index contributed by atoms with van der Waals surface area (Å²) in [5.41, 5.74) is 10.5. The Morgan fingerprint density at radius 2 is 1.12 bits per heavy atom. The molecular weight excluding hydrogens is 1440 g/mol. The molecule has 548 valence electrons. The second kappa shape index (κ2) is 34.6. The monoisotopic (exact) mass is 1520 g/mol. The molecule has 0 saturated carbocycles. The summed E-state index contributed by atoms with van der Waals surface area (Å²) in [5, 5.41) is 32.7. The largest absolute Gasteiger partial charge is 0.469 e. The average molecular weight is 1530 g/mol. The number of carbonyl (C=O) groups is 7. The van der Waals surface area contributed by atoms with Crippen LogP contribution >= 0.6 is 69.0 Å². The van der Waals surface area contributed by atoms with Gasteiger partial charge in [0.25, 0.3) is 11.8 Å². The molecule has 1 fully saturated rings. The number of thioether (sulfide) groups is 1. The number of methoxy groups -OCH3 is 2. The summed E-state index contributed by atoms with van der Waals surface area (Å²) in [6.07, 6.45) is 8.18. The number of likely N-dealkylation sites (tertiary alicyclic amines) is 1. The highest BCUT2D eigenvalue weighted by Crippen LogP contribution is 2.43. The number of benzene rings is 3. The summed E-state index contributed by atoms with van der Waals surface area (Å²) in [4.78, 5) is 115. The Bertz CT molecular complexity index is 4540. The molecule has 5 aromatic heterocycles. The van der Waals surface area contributed by atoms with Gasteiger partial charge < -0.3 is 35.6 Å². The number of aliphatic imine (C=N–C) groups is 2. The van der Waals surface area contributed by atoms with Crippen molar-refractivity contribution in [2.45, 2.75) is 174 Å². The van der Waals surface area contributed by atoms with Crippen LogP contribution in [0.5, 0.6) is 0 Å². The Morgan fingerprint density at radius 3 is 1.62 bits per heavy atom. The van der Waals surface area contributed by atoms with Gasteiger partial charge in [-0.15, -0.1) is 54.4 Å². The van der Waals surface area contributed by atoms with E-state index in [1.165, 1.54) is 36.9 Å². The molecule has 0 spiro atoms. The van der Waals surface area contributed by atoms with E-state index in [1.807, 2.05) is 112 Å². The number of rotatable bonds is 31. The third kappa shape index (κ3) is 17.6. The Kier molecular flexibility index (Phi) is 25.5. The van der Waals surface area contributed by atoms with Gasteiger partial charge in [-0.2, -0.15) is 11.8 Å². The summed E-state index contributed by atoms with van der Waals surface area (Å²) in [6, 6.07) is 19.6. The highest BCUT2D eigenvalue weighted by Gasteiger charge is 2.44. The number of ether oxygens (including phenoxy) is 2. The minimum atomic E-state index is -0.925. The highest BCUT2D eigenvalue weighted by molar-refractivity contribution is 8.00. The van der Waals surface area contributed by atoms with E-state index in [-0.39, 0.29) is 48.8 Å². The predicted molar refractivity (Wildman–Crippen MR) is 409 cm³/mol. The maximum atomic E-state index is 15.0. The van der Waals surface area contributed by atoms with Crippen LogP contribution in [0, 0.1) is 34.6 Å². The molecular formula is C75H86Cl2N14O9S4. The first-order valence-electron chi connectivity index (χ1n) is 35.1. The van der Waals surface area contributed by atoms with Crippen LogP contribution in [0.4, 0.5) is 0 Å². The molecule has 11 rings (SSSR count). The fraction of sp³-hybridized carbons (Fsp3) is 0.440. The molecule has 29 heteroatoms. The van der Waals surface area contributed by atoms with Crippen LogP contribution in [0.3, 0.4) is 0 Å². The minimum absolute atomic E-state index is 0.0555. The van der Waals surface area contributed by atoms with Crippen molar-refractivity contribution in [1.29, 1.82) is 0 Å². The van der Waals surface area contributed by atoms with E-state index in [1.54, 1.807) is 52.3 Å². The van der Waals surface area contributed by atoms with Crippen molar-refractivity contribution in [3.63, 3.8) is 0 Å². The number of thiophene rings is 2. The normalized spacial score (nSPS) is 15.6. The number of unbranched alkanes of at least 4 members (excludes halogenated alkanes) is 7. The molecule has 104 heavy (non-hydrogen) atoms. The van der Waals surface area contributed by atoms with Gasteiger partial charge in [-0.05, 0) is 139 Å². The van der Waals surface area contributed by atoms with Gasteiger partial charge in [-0.3, -0.25) is 52.7 Å². The molecule has 3 aromatic carbocycles. The molecule has 0 aliphatic carbocycles. The van der Waals surface area contributed by atoms with Gasteiger partial charge in [0, 0.05) is 69.6 Å². The van der Waals surface area contributed by atoms with Crippen molar-refractivity contribution in [1.82, 2.24) is 60.7 Å². The number of halogens is 2. The van der Waals surface area contributed by atoms with E-state index >= 15 is 4.79 Å². The van der Waals surface area contributed by atoms with Crippen LogP contribution in [-0.4, -0.2) is 149 Å². The summed E-state index contributed by atoms with van der Waals surface area (Å²) < 4.78 is 13.1. The number of aryl methyl sites for hydroxylation is 3. The van der Waals surface area contributed by atoms with Crippen LogP contribution in [0.15, 0.2) is 88.3 Å². The van der Waals surface area contributed by atoms with Crippen LogP contribution in [-0.2, 0) is 40.0 Å². The molecule has 4 atom stereocenters. The van der Waals surface area contributed by atoms with Crippen molar-refractivity contribution in [2.75, 3.05) is 39.6 Å². The Hall–Kier alpha value is -8.47. The van der Waals surface area contributed by atoms with Gasteiger partial charge >= 0.3 is 11.9 Å². The molecule has 23 nitrogen and oxygen atoms in total. The third-order valence-electron chi connectivity index (χ3n) is 19.0. The number of hydrogen-bond acceptors (Lipinski definition) is 20.